The lowest BCUT2D eigenvalue weighted by Crippen LogP contribution is -2.30. The Kier molecular flexibility index (Phi) is 7.56. The van der Waals surface area contributed by atoms with Crippen molar-refractivity contribution in [1.29, 1.82) is 0 Å². The molecular formula is C20H22N2O8. The smallest absolute Gasteiger partial charge is 0.346 e. The third-order valence-electron chi connectivity index (χ3n) is 4.02. The van der Waals surface area contributed by atoms with Crippen LogP contribution in [0.1, 0.15) is 24.2 Å². The number of anilines is 1. The first-order valence-corrected chi connectivity index (χ1v) is 8.96. The lowest BCUT2D eigenvalue weighted by atomic mass is 10.1. The standard InChI is InChI=1S/C20H22N2O8/c1-5-29-16-9-7-6-8-14(16)21-19(23)12(2)30-20(24)13-10-17(27-3)18(28-4)11-15(13)22(25)26/h6-12H,5H2,1-4H3,(H,21,23)/t12-/m0/s1. The van der Waals surface area contributed by atoms with Crippen LogP contribution in [0.3, 0.4) is 0 Å². The second kappa shape index (κ2) is 10.1. The van der Waals surface area contributed by atoms with E-state index in [1.165, 1.54) is 21.1 Å². The number of hydrogen-bond donors (Lipinski definition) is 1. The molecule has 2 aromatic carbocycles. The predicted octanol–water partition coefficient (Wildman–Crippen LogP) is 3.19. The van der Waals surface area contributed by atoms with Crippen LogP contribution in [0.2, 0.25) is 0 Å². The van der Waals surface area contributed by atoms with E-state index in [0.29, 0.717) is 18.0 Å². The van der Waals surface area contributed by atoms with Crippen LogP contribution in [0.25, 0.3) is 0 Å². The Labute approximate surface area is 172 Å². The number of nitrogens with one attached hydrogen (secondary N) is 1. The number of rotatable bonds is 9. The summed E-state index contributed by atoms with van der Waals surface area (Å²) in [6, 6.07) is 8.97. The molecule has 0 fully saturated rings. The largest absolute Gasteiger partial charge is 0.493 e. The maximum atomic E-state index is 12.5. The predicted molar refractivity (Wildman–Crippen MR) is 107 cm³/mol. The number of benzene rings is 2. The summed E-state index contributed by atoms with van der Waals surface area (Å²) >= 11 is 0. The van der Waals surface area contributed by atoms with Crippen molar-refractivity contribution in [1.82, 2.24) is 0 Å². The molecule has 1 amide bonds. The SMILES string of the molecule is CCOc1ccccc1NC(=O)[C@H](C)OC(=O)c1cc(OC)c(OC)cc1[N+](=O)[O-]. The topological polar surface area (TPSA) is 126 Å². The van der Waals surface area contributed by atoms with E-state index in [2.05, 4.69) is 5.32 Å². The number of para-hydroxylation sites is 2. The maximum absolute atomic E-state index is 12.5. The van der Waals surface area contributed by atoms with Crippen molar-refractivity contribution < 1.29 is 33.5 Å². The van der Waals surface area contributed by atoms with Gasteiger partial charge in [-0.2, -0.15) is 0 Å². The molecule has 10 heteroatoms. The summed E-state index contributed by atoms with van der Waals surface area (Å²) in [6.45, 7) is 3.56. The van der Waals surface area contributed by atoms with Crippen LogP contribution in [0.4, 0.5) is 11.4 Å². The Morgan fingerprint density at radius 2 is 1.73 bits per heavy atom. The van der Waals surface area contributed by atoms with Crippen molar-refractivity contribution in [3.63, 3.8) is 0 Å². The Morgan fingerprint density at radius 1 is 1.10 bits per heavy atom. The van der Waals surface area contributed by atoms with Gasteiger partial charge >= 0.3 is 5.97 Å². The van der Waals surface area contributed by atoms with Crippen LogP contribution in [-0.2, 0) is 9.53 Å². The summed E-state index contributed by atoms with van der Waals surface area (Å²) in [5.74, 6) is -1.03. The molecule has 0 heterocycles. The van der Waals surface area contributed by atoms with Crippen molar-refractivity contribution in [3.05, 3.63) is 52.1 Å². The summed E-state index contributed by atoms with van der Waals surface area (Å²) in [5, 5.41) is 14.0. The number of esters is 1. The van der Waals surface area contributed by atoms with Gasteiger partial charge < -0.3 is 24.3 Å². The lowest BCUT2D eigenvalue weighted by Gasteiger charge is -2.16. The van der Waals surface area contributed by atoms with Gasteiger partial charge in [-0.3, -0.25) is 14.9 Å². The van der Waals surface area contributed by atoms with Crippen molar-refractivity contribution in [2.75, 3.05) is 26.1 Å². The quantitative estimate of drug-likeness (QED) is 0.374. The van der Waals surface area contributed by atoms with Gasteiger partial charge in [-0.1, -0.05) is 12.1 Å². The molecule has 0 aliphatic heterocycles. The number of amides is 1. The molecule has 2 aromatic rings. The molecule has 1 atom stereocenters. The van der Waals surface area contributed by atoms with Crippen molar-refractivity contribution >= 4 is 23.3 Å². The molecule has 2 rings (SSSR count). The first kappa shape index (κ1) is 22.5. The summed E-state index contributed by atoms with van der Waals surface area (Å²) in [5.41, 5.74) is -0.497. The average molecular weight is 418 g/mol. The third kappa shape index (κ3) is 5.16. The monoisotopic (exact) mass is 418 g/mol. The second-order valence-electron chi connectivity index (χ2n) is 5.95. The Morgan fingerprint density at radius 3 is 2.33 bits per heavy atom. The zero-order valence-electron chi connectivity index (χ0n) is 17.0. The number of carbonyl (C=O) groups excluding carboxylic acids is 2. The van der Waals surface area contributed by atoms with Crippen molar-refractivity contribution in [2.45, 2.75) is 20.0 Å². The van der Waals surface area contributed by atoms with E-state index < -0.39 is 28.6 Å². The Balaban J connectivity index is 2.21. The molecule has 160 valence electrons. The molecule has 0 bridgehead atoms. The van der Waals surface area contributed by atoms with Crippen LogP contribution in [0, 0.1) is 10.1 Å². The van der Waals surface area contributed by atoms with E-state index in [-0.39, 0.29) is 17.1 Å². The van der Waals surface area contributed by atoms with E-state index in [4.69, 9.17) is 18.9 Å². The van der Waals surface area contributed by atoms with Gasteiger partial charge in [-0.25, -0.2) is 4.79 Å². The second-order valence-corrected chi connectivity index (χ2v) is 5.95. The molecule has 0 saturated heterocycles. The summed E-state index contributed by atoms with van der Waals surface area (Å²) in [6.07, 6.45) is -1.24. The molecule has 0 aromatic heterocycles. The zero-order valence-corrected chi connectivity index (χ0v) is 17.0. The number of nitro benzene ring substituents is 1. The van der Waals surface area contributed by atoms with Crippen LogP contribution < -0.4 is 19.5 Å². The number of methoxy groups -OCH3 is 2. The van der Waals surface area contributed by atoms with Crippen LogP contribution >= 0.6 is 0 Å². The van der Waals surface area contributed by atoms with Gasteiger partial charge in [-0.05, 0) is 26.0 Å². The van der Waals surface area contributed by atoms with Gasteiger partial charge in [0.1, 0.15) is 11.3 Å². The van der Waals surface area contributed by atoms with Crippen molar-refractivity contribution in [2.24, 2.45) is 0 Å². The fourth-order valence-corrected chi connectivity index (χ4v) is 2.55. The van der Waals surface area contributed by atoms with E-state index in [9.17, 15) is 19.7 Å². The fourth-order valence-electron chi connectivity index (χ4n) is 2.55. The molecular weight excluding hydrogens is 396 g/mol. The fraction of sp³-hybridized carbons (Fsp3) is 0.300. The minimum absolute atomic E-state index is 0.0825. The van der Waals surface area contributed by atoms with Gasteiger partial charge in [0, 0.05) is 6.07 Å². The minimum atomic E-state index is -1.24. The van der Waals surface area contributed by atoms with E-state index >= 15 is 0 Å². The zero-order chi connectivity index (χ0) is 22.3. The highest BCUT2D eigenvalue weighted by Crippen LogP contribution is 2.35. The van der Waals surface area contributed by atoms with Crippen LogP contribution in [-0.4, -0.2) is 43.7 Å². The molecule has 0 aliphatic rings. The molecule has 0 saturated carbocycles. The first-order valence-electron chi connectivity index (χ1n) is 8.96. The highest BCUT2D eigenvalue weighted by Gasteiger charge is 2.28. The first-order chi connectivity index (χ1) is 14.3. The van der Waals surface area contributed by atoms with Gasteiger partial charge in [0.15, 0.2) is 17.6 Å². The average Bonchev–Trinajstić information content (AvgIpc) is 2.73. The van der Waals surface area contributed by atoms with Gasteiger partial charge in [0.2, 0.25) is 0 Å². The van der Waals surface area contributed by atoms with Crippen molar-refractivity contribution in [3.8, 4) is 17.2 Å². The summed E-state index contributed by atoms with van der Waals surface area (Å²) in [7, 11) is 2.64. The summed E-state index contributed by atoms with van der Waals surface area (Å²) < 4.78 is 20.7. The van der Waals surface area contributed by atoms with Gasteiger partial charge in [0.25, 0.3) is 11.6 Å². The van der Waals surface area contributed by atoms with Crippen LogP contribution in [0.15, 0.2) is 36.4 Å². The Bertz CT molecular complexity index is 944. The van der Waals surface area contributed by atoms with Gasteiger partial charge in [-0.15, -0.1) is 0 Å². The van der Waals surface area contributed by atoms with E-state index in [1.807, 2.05) is 0 Å². The number of hydrogen-bond acceptors (Lipinski definition) is 8. The molecule has 0 unspecified atom stereocenters. The van der Waals surface area contributed by atoms with Gasteiger partial charge in [0.05, 0.1) is 37.5 Å². The number of carbonyl (C=O) groups is 2. The lowest BCUT2D eigenvalue weighted by molar-refractivity contribution is -0.385. The van der Waals surface area contributed by atoms with E-state index in [0.717, 1.165) is 12.1 Å². The molecule has 10 nitrogen and oxygen atoms in total. The molecule has 0 radical (unpaired) electrons. The molecule has 1 N–H and O–H groups in total. The number of nitrogens with zero attached hydrogens (tertiary/aromatic N) is 1. The highest BCUT2D eigenvalue weighted by atomic mass is 16.6. The number of ether oxygens (including phenoxy) is 4. The minimum Gasteiger partial charge on any atom is -0.493 e. The van der Waals surface area contributed by atoms with E-state index in [1.54, 1.807) is 31.2 Å². The summed E-state index contributed by atoms with van der Waals surface area (Å²) in [4.78, 5) is 35.6. The normalized spacial score (nSPS) is 11.2. The molecule has 0 spiro atoms. The number of nitro groups is 1. The third-order valence-corrected chi connectivity index (χ3v) is 4.02. The highest BCUT2D eigenvalue weighted by molar-refractivity contribution is 6.00. The molecule has 0 aliphatic carbocycles. The maximum Gasteiger partial charge on any atom is 0.346 e. The Hall–Kier alpha value is -3.82. The molecule has 30 heavy (non-hydrogen) atoms. The van der Waals surface area contributed by atoms with Crippen LogP contribution in [0.5, 0.6) is 17.2 Å².